The van der Waals surface area contributed by atoms with Crippen molar-refractivity contribution in [3.63, 3.8) is 0 Å². The Morgan fingerprint density at radius 3 is 2.67 bits per heavy atom. The number of aromatic amines is 1. The van der Waals surface area contributed by atoms with Crippen molar-refractivity contribution in [3.8, 4) is 0 Å². The predicted octanol–water partition coefficient (Wildman–Crippen LogP) is 2.17. The van der Waals surface area contributed by atoms with Crippen LogP contribution in [0.2, 0.25) is 0 Å². The minimum Gasteiger partial charge on any atom is -0.455 e. The number of aromatic nitrogens is 1. The van der Waals surface area contributed by atoms with E-state index in [9.17, 15) is 9.59 Å². The molecule has 2 rings (SSSR count). The Morgan fingerprint density at radius 1 is 1.24 bits per heavy atom. The van der Waals surface area contributed by atoms with E-state index in [2.05, 4.69) is 10.3 Å². The maximum absolute atomic E-state index is 11.8. The molecule has 5 nitrogen and oxygen atoms in total. The van der Waals surface area contributed by atoms with Crippen molar-refractivity contribution in [3.05, 3.63) is 36.0 Å². The Morgan fingerprint density at radius 2 is 1.95 bits per heavy atom. The number of benzene rings is 1. The molecule has 2 N–H and O–H groups in total. The molecule has 0 bridgehead atoms. The van der Waals surface area contributed by atoms with Crippen LogP contribution in [0.25, 0.3) is 10.9 Å². The summed E-state index contributed by atoms with van der Waals surface area (Å²) in [6, 6.07) is 7.74. The fraction of sp³-hybridized carbons (Fsp3) is 0.375. The van der Waals surface area contributed by atoms with Crippen molar-refractivity contribution in [2.45, 2.75) is 32.7 Å². The maximum Gasteiger partial charge on any atom is 0.310 e. The van der Waals surface area contributed by atoms with Crippen LogP contribution in [0.4, 0.5) is 0 Å². The fourth-order valence-electron chi connectivity index (χ4n) is 2.08. The molecule has 0 unspecified atom stereocenters. The average molecular weight is 288 g/mol. The number of amides is 1. The Kier molecular flexibility index (Phi) is 4.31. The summed E-state index contributed by atoms with van der Waals surface area (Å²) in [6.07, 6.45) is 1.94. The minimum absolute atomic E-state index is 0.146. The van der Waals surface area contributed by atoms with Crippen LogP contribution in [-0.2, 0) is 20.7 Å². The first kappa shape index (κ1) is 15.1. The number of rotatable bonds is 4. The van der Waals surface area contributed by atoms with Crippen molar-refractivity contribution in [1.82, 2.24) is 10.3 Å². The molecule has 1 aromatic heterocycles. The summed E-state index contributed by atoms with van der Waals surface area (Å²) in [4.78, 5) is 26.5. The van der Waals surface area contributed by atoms with Gasteiger partial charge in [0.2, 0.25) is 0 Å². The Hall–Kier alpha value is -2.30. The van der Waals surface area contributed by atoms with Crippen LogP contribution in [-0.4, -0.2) is 29.0 Å². The van der Waals surface area contributed by atoms with E-state index in [1.54, 1.807) is 6.20 Å². The molecule has 0 atom stereocenters. The molecule has 2 aromatic rings. The highest BCUT2D eigenvalue weighted by atomic mass is 16.5. The lowest BCUT2D eigenvalue weighted by molar-refractivity contribution is -0.148. The summed E-state index contributed by atoms with van der Waals surface area (Å²) >= 11 is 0. The number of hydrogen-bond acceptors (Lipinski definition) is 3. The van der Waals surface area contributed by atoms with Gasteiger partial charge in [0.25, 0.3) is 5.91 Å². The lowest BCUT2D eigenvalue weighted by atomic mass is 10.1. The smallest absolute Gasteiger partial charge is 0.310 e. The van der Waals surface area contributed by atoms with Gasteiger partial charge in [0.05, 0.1) is 6.42 Å². The van der Waals surface area contributed by atoms with E-state index in [1.165, 1.54) is 0 Å². The van der Waals surface area contributed by atoms with Gasteiger partial charge in [-0.2, -0.15) is 0 Å². The van der Waals surface area contributed by atoms with Gasteiger partial charge in [-0.1, -0.05) is 18.2 Å². The topological polar surface area (TPSA) is 71.2 Å². The SMILES string of the molecule is CC(C)(C)NC(=O)COC(=O)Cc1c[nH]c2ccccc12. The Bertz CT molecular complexity index is 653. The van der Waals surface area contributed by atoms with Crippen LogP contribution in [0.1, 0.15) is 26.3 Å². The van der Waals surface area contributed by atoms with Crippen LogP contribution in [0.3, 0.4) is 0 Å². The third-order valence-electron chi connectivity index (χ3n) is 2.89. The minimum atomic E-state index is -0.413. The van der Waals surface area contributed by atoms with E-state index < -0.39 is 5.97 Å². The van der Waals surface area contributed by atoms with Crippen molar-refractivity contribution >= 4 is 22.8 Å². The van der Waals surface area contributed by atoms with Crippen molar-refractivity contribution in [2.75, 3.05) is 6.61 Å². The zero-order valence-corrected chi connectivity index (χ0v) is 12.5. The summed E-state index contributed by atoms with van der Waals surface area (Å²) in [5.74, 6) is -0.710. The fourth-order valence-corrected chi connectivity index (χ4v) is 2.08. The highest BCUT2D eigenvalue weighted by Gasteiger charge is 2.16. The zero-order valence-electron chi connectivity index (χ0n) is 12.5. The van der Waals surface area contributed by atoms with Crippen molar-refractivity contribution in [2.24, 2.45) is 0 Å². The molecular weight excluding hydrogens is 268 g/mol. The maximum atomic E-state index is 11.8. The molecule has 0 aliphatic rings. The second-order valence-electron chi connectivity index (χ2n) is 6.00. The van der Waals surface area contributed by atoms with Crippen LogP contribution >= 0.6 is 0 Å². The predicted molar refractivity (Wildman–Crippen MR) is 80.9 cm³/mol. The third-order valence-corrected chi connectivity index (χ3v) is 2.89. The number of fused-ring (bicyclic) bond motifs is 1. The molecule has 0 spiro atoms. The van der Waals surface area contributed by atoms with Crippen molar-refractivity contribution < 1.29 is 14.3 Å². The number of ether oxygens (including phenoxy) is 1. The van der Waals surface area contributed by atoms with E-state index in [1.807, 2.05) is 45.0 Å². The first-order valence-electron chi connectivity index (χ1n) is 6.87. The highest BCUT2D eigenvalue weighted by molar-refractivity contribution is 5.88. The lowest BCUT2D eigenvalue weighted by Gasteiger charge is -2.20. The molecular formula is C16H20N2O3. The van der Waals surface area contributed by atoms with Gasteiger partial charge in [-0.3, -0.25) is 9.59 Å². The number of esters is 1. The molecule has 0 radical (unpaired) electrons. The highest BCUT2D eigenvalue weighted by Crippen LogP contribution is 2.18. The molecule has 1 heterocycles. The van der Waals surface area contributed by atoms with Gasteiger partial charge in [0.1, 0.15) is 0 Å². The number of hydrogen-bond donors (Lipinski definition) is 2. The number of para-hydroxylation sites is 1. The Labute approximate surface area is 123 Å². The largest absolute Gasteiger partial charge is 0.455 e. The number of H-pyrrole nitrogens is 1. The molecule has 1 amide bonds. The summed E-state index contributed by atoms with van der Waals surface area (Å²) in [5, 5.41) is 3.73. The van der Waals surface area contributed by atoms with Gasteiger partial charge in [-0.05, 0) is 32.4 Å². The Balaban J connectivity index is 1.89. The molecule has 1 aromatic carbocycles. The molecule has 0 saturated carbocycles. The molecule has 0 saturated heterocycles. The van der Waals surface area contributed by atoms with Crippen LogP contribution in [0.15, 0.2) is 30.5 Å². The van der Waals surface area contributed by atoms with Gasteiger partial charge >= 0.3 is 5.97 Å². The summed E-state index contributed by atoms with van der Waals surface area (Å²) < 4.78 is 5.01. The number of nitrogens with one attached hydrogen (secondary N) is 2. The normalized spacial score (nSPS) is 11.4. The van der Waals surface area contributed by atoms with Crippen LogP contribution in [0, 0.1) is 0 Å². The molecule has 0 aliphatic carbocycles. The molecule has 21 heavy (non-hydrogen) atoms. The van der Waals surface area contributed by atoms with Gasteiger partial charge in [-0.25, -0.2) is 0 Å². The van der Waals surface area contributed by atoms with E-state index in [0.29, 0.717) is 0 Å². The van der Waals surface area contributed by atoms with Gasteiger partial charge in [0.15, 0.2) is 6.61 Å². The summed E-state index contributed by atoms with van der Waals surface area (Å²) in [6.45, 7) is 5.37. The van der Waals surface area contributed by atoms with Crippen molar-refractivity contribution in [1.29, 1.82) is 0 Å². The molecule has 0 fully saturated rings. The molecule has 112 valence electrons. The lowest BCUT2D eigenvalue weighted by Crippen LogP contribution is -2.42. The zero-order chi connectivity index (χ0) is 15.5. The summed E-state index contributed by atoms with van der Waals surface area (Å²) in [5.41, 5.74) is 1.51. The van der Waals surface area contributed by atoms with Gasteiger partial charge in [0, 0.05) is 22.6 Å². The number of carbonyl (C=O) groups is 2. The molecule has 5 heteroatoms. The van der Waals surface area contributed by atoms with Crippen LogP contribution < -0.4 is 5.32 Å². The molecule has 0 aliphatic heterocycles. The third kappa shape index (κ3) is 4.34. The quantitative estimate of drug-likeness (QED) is 0.847. The van der Waals surface area contributed by atoms with E-state index in [4.69, 9.17) is 4.74 Å². The van der Waals surface area contributed by atoms with Crippen LogP contribution in [0.5, 0.6) is 0 Å². The second-order valence-corrected chi connectivity index (χ2v) is 6.00. The average Bonchev–Trinajstić information content (AvgIpc) is 2.78. The van der Waals surface area contributed by atoms with E-state index >= 15 is 0 Å². The second kappa shape index (κ2) is 5.99. The number of carbonyl (C=O) groups excluding carboxylic acids is 2. The van der Waals surface area contributed by atoms with Gasteiger partial charge in [-0.15, -0.1) is 0 Å². The van der Waals surface area contributed by atoms with Gasteiger partial charge < -0.3 is 15.0 Å². The standard InChI is InChI=1S/C16H20N2O3/c1-16(2,3)18-14(19)10-21-15(20)8-11-9-17-13-7-5-4-6-12(11)13/h4-7,9,17H,8,10H2,1-3H3,(H,18,19). The first-order chi connectivity index (χ1) is 9.85. The summed E-state index contributed by atoms with van der Waals surface area (Å²) in [7, 11) is 0. The van der Waals surface area contributed by atoms with E-state index in [0.717, 1.165) is 16.5 Å². The van der Waals surface area contributed by atoms with E-state index in [-0.39, 0.29) is 24.5 Å². The first-order valence-corrected chi connectivity index (χ1v) is 6.87. The monoisotopic (exact) mass is 288 g/mol.